The Balaban J connectivity index is 2.07. The zero-order valence-electron chi connectivity index (χ0n) is 34.6. The number of unbranched alkanes of at least 4 members (excludes halogenated alkanes) is 13. The molecule has 0 amide bonds. The van der Waals surface area contributed by atoms with Crippen molar-refractivity contribution in [1.29, 1.82) is 0 Å². The number of carbonyl (C=O) groups excluding carboxylic acids is 3. The van der Waals surface area contributed by atoms with E-state index in [2.05, 4.69) is 11.9 Å². The smallest absolute Gasteiger partial charge is 0.453 e. The van der Waals surface area contributed by atoms with E-state index in [1.54, 1.807) is 41.5 Å². The first-order valence-corrected chi connectivity index (χ1v) is 21.3. The third-order valence-electron chi connectivity index (χ3n) is 8.99. The molecule has 3 atom stereocenters. The van der Waals surface area contributed by atoms with Crippen LogP contribution in [0.1, 0.15) is 157 Å². The zero-order valence-corrected chi connectivity index (χ0v) is 35.5. The van der Waals surface area contributed by atoms with Crippen LogP contribution in [0.25, 0.3) is 0 Å². The van der Waals surface area contributed by atoms with Crippen molar-refractivity contribution in [3.05, 3.63) is 28.4 Å². The molecule has 2 heterocycles. The van der Waals surface area contributed by atoms with Crippen LogP contribution < -0.4 is 5.69 Å². The van der Waals surface area contributed by atoms with Crippen molar-refractivity contribution < 1.29 is 60.2 Å². The van der Waals surface area contributed by atoms with Crippen LogP contribution in [0.5, 0.6) is 0 Å². The van der Waals surface area contributed by atoms with Crippen LogP contribution in [-0.2, 0) is 51.5 Å². The van der Waals surface area contributed by atoms with E-state index in [9.17, 15) is 23.7 Å². The van der Waals surface area contributed by atoms with Gasteiger partial charge in [0.15, 0.2) is 6.10 Å². The number of rotatable bonds is 26. The fourth-order valence-electron chi connectivity index (χ4n) is 5.59. The highest BCUT2D eigenvalue weighted by Crippen LogP contribution is 2.52. The number of halogens is 2. The number of ether oxygens (including phenoxy) is 4. The van der Waals surface area contributed by atoms with Gasteiger partial charge in [-0.15, -0.1) is 0 Å². The van der Waals surface area contributed by atoms with Crippen molar-refractivity contribution in [2.75, 3.05) is 20.2 Å². The van der Waals surface area contributed by atoms with Crippen LogP contribution in [0.2, 0.25) is 0 Å². The van der Waals surface area contributed by atoms with E-state index in [1.807, 2.05) is 0 Å². The van der Waals surface area contributed by atoms with Gasteiger partial charge in [-0.25, -0.2) is 18.4 Å². The average Bonchev–Trinajstić information content (AvgIpc) is 3.34. The van der Waals surface area contributed by atoms with E-state index < -0.39 is 86.8 Å². The van der Waals surface area contributed by atoms with Crippen molar-refractivity contribution in [2.24, 2.45) is 10.8 Å². The molecule has 17 heteroatoms. The number of phosphoric ester groups is 1. The molecule has 322 valence electrons. The Morgan fingerprint density at radius 1 is 0.804 bits per heavy atom. The number of carbonyl (C=O) groups is 3. The molecule has 0 spiro atoms. The molecule has 1 aliphatic rings. The monoisotopic (exact) mass is 822 g/mol. The SMILES string of the molecule is CCCCCCCCCCCCCCCCC(=O)O[C@@H]1[C@@H](COP(=O)(OCOC(=O)C(C)(C)C)OCOC(=O)C(C)(C)C)O[C@@H](n2ccc(C)nc2=O)C1(F)F. The Labute approximate surface area is 330 Å². The normalized spacial score (nSPS) is 18.5. The molecular formula is C39H65F2N2O12P. The van der Waals surface area contributed by atoms with E-state index in [4.69, 9.17) is 32.5 Å². The molecule has 0 unspecified atom stereocenters. The fraction of sp³-hybridized carbons (Fsp3) is 0.821. The second-order valence-corrected chi connectivity index (χ2v) is 18.0. The Morgan fingerprint density at radius 2 is 1.27 bits per heavy atom. The summed E-state index contributed by atoms with van der Waals surface area (Å²) in [6.45, 7) is 10.3. The van der Waals surface area contributed by atoms with E-state index in [0.717, 1.165) is 31.9 Å². The maximum Gasteiger partial charge on any atom is 0.480 e. The summed E-state index contributed by atoms with van der Waals surface area (Å²) in [5.41, 5.74) is -2.68. The van der Waals surface area contributed by atoms with Gasteiger partial charge in [0.2, 0.25) is 19.8 Å². The molecule has 0 saturated carbocycles. The van der Waals surface area contributed by atoms with Gasteiger partial charge in [0.1, 0.15) is 6.10 Å². The van der Waals surface area contributed by atoms with E-state index >= 15 is 8.78 Å². The van der Waals surface area contributed by atoms with Crippen LogP contribution in [0.4, 0.5) is 8.78 Å². The van der Waals surface area contributed by atoms with Gasteiger partial charge < -0.3 is 18.9 Å². The Morgan fingerprint density at radius 3 is 1.71 bits per heavy atom. The van der Waals surface area contributed by atoms with Gasteiger partial charge >= 0.3 is 37.3 Å². The second kappa shape index (κ2) is 23.6. The van der Waals surface area contributed by atoms with Gasteiger partial charge in [0.05, 0.1) is 17.4 Å². The number of aryl methyl sites for hydroxylation is 1. The molecule has 14 nitrogen and oxygen atoms in total. The number of alkyl halides is 2. The minimum absolute atomic E-state index is 0.141. The molecule has 2 rings (SSSR count). The van der Waals surface area contributed by atoms with Gasteiger partial charge in [-0.2, -0.15) is 13.8 Å². The topological polar surface area (TPSA) is 168 Å². The highest BCUT2D eigenvalue weighted by Gasteiger charge is 2.63. The average molecular weight is 823 g/mol. The lowest BCUT2D eigenvalue weighted by atomic mass is 9.98. The van der Waals surface area contributed by atoms with Crippen molar-refractivity contribution in [1.82, 2.24) is 9.55 Å². The van der Waals surface area contributed by atoms with E-state index in [0.29, 0.717) is 17.4 Å². The predicted octanol–water partition coefficient (Wildman–Crippen LogP) is 9.12. The number of esters is 3. The van der Waals surface area contributed by atoms with E-state index in [1.165, 1.54) is 64.4 Å². The van der Waals surface area contributed by atoms with Crippen molar-refractivity contribution >= 4 is 25.7 Å². The molecule has 1 aromatic heterocycles. The number of phosphoric acid groups is 1. The first-order chi connectivity index (χ1) is 26.2. The molecule has 0 bridgehead atoms. The number of aromatic nitrogens is 2. The van der Waals surface area contributed by atoms with Crippen LogP contribution in [0, 0.1) is 17.8 Å². The fourth-order valence-corrected chi connectivity index (χ4v) is 6.50. The minimum atomic E-state index is -4.85. The summed E-state index contributed by atoms with van der Waals surface area (Å²) in [7, 11) is -4.85. The summed E-state index contributed by atoms with van der Waals surface area (Å²) in [4.78, 5) is 53.8. The van der Waals surface area contributed by atoms with Crippen LogP contribution in [0.15, 0.2) is 17.1 Å². The molecule has 56 heavy (non-hydrogen) atoms. The predicted molar refractivity (Wildman–Crippen MR) is 203 cm³/mol. The summed E-state index contributed by atoms with van der Waals surface area (Å²) < 4.78 is 82.9. The van der Waals surface area contributed by atoms with E-state index in [-0.39, 0.29) is 12.1 Å². The Hall–Kier alpha value is -2.78. The van der Waals surface area contributed by atoms with Crippen molar-refractivity contribution in [3.63, 3.8) is 0 Å². The van der Waals surface area contributed by atoms with Crippen LogP contribution in [-0.4, -0.2) is 65.8 Å². The molecule has 0 N–H and O–H groups in total. The number of hydrogen-bond acceptors (Lipinski definition) is 13. The molecular weight excluding hydrogens is 757 g/mol. The largest absolute Gasteiger partial charge is 0.480 e. The van der Waals surface area contributed by atoms with Crippen LogP contribution >= 0.6 is 7.82 Å². The van der Waals surface area contributed by atoms with Crippen molar-refractivity contribution in [3.8, 4) is 0 Å². The highest BCUT2D eigenvalue weighted by molar-refractivity contribution is 7.48. The van der Waals surface area contributed by atoms with Crippen molar-refractivity contribution in [2.45, 2.75) is 176 Å². The van der Waals surface area contributed by atoms with Gasteiger partial charge in [-0.05, 0) is 61.0 Å². The standard InChI is InChI=1S/C39H65F2N2O12P/c1-9-10-11-12-13-14-15-16-17-18-19-20-21-22-23-31(44)55-32-30(54-33(39(32,40)41)43-25-24-29(2)42-36(43)47)26-51-56(48,52-27-49-34(45)37(3,4)5)53-28-50-35(46)38(6,7)8/h24-25,30,32-33H,9-23,26-28H2,1-8H3/t30-,32-,33-/m1/s1. The maximum atomic E-state index is 16.1. The third kappa shape index (κ3) is 17.4. The minimum Gasteiger partial charge on any atom is -0.453 e. The Bertz CT molecular complexity index is 1440. The number of nitrogens with zero attached hydrogens (tertiary/aromatic N) is 2. The molecule has 1 fully saturated rings. The zero-order chi connectivity index (χ0) is 42.0. The summed E-state index contributed by atoms with van der Waals surface area (Å²) in [6.07, 6.45) is 10.0. The lowest BCUT2D eigenvalue weighted by molar-refractivity contribution is -0.176. The molecule has 1 saturated heterocycles. The summed E-state index contributed by atoms with van der Waals surface area (Å²) in [5, 5.41) is 0. The summed E-state index contributed by atoms with van der Waals surface area (Å²) >= 11 is 0. The summed E-state index contributed by atoms with van der Waals surface area (Å²) in [6, 6.07) is 1.33. The number of hydrogen-bond donors (Lipinski definition) is 0. The lowest BCUT2D eigenvalue weighted by Gasteiger charge is -2.25. The van der Waals surface area contributed by atoms with Gasteiger partial charge in [0, 0.05) is 18.3 Å². The first kappa shape index (κ1) is 49.4. The molecule has 0 aromatic carbocycles. The van der Waals surface area contributed by atoms with Gasteiger partial charge in [0.25, 0.3) is 0 Å². The Kier molecular flexibility index (Phi) is 20.8. The maximum absolute atomic E-state index is 16.1. The quantitative estimate of drug-likeness (QED) is 0.0286. The first-order valence-electron chi connectivity index (χ1n) is 19.9. The molecule has 1 aliphatic heterocycles. The summed E-state index contributed by atoms with van der Waals surface area (Å²) in [5.74, 6) is -6.37. The van der Waals surface area contributed by atoms with Gasteiger partial charge in [-0.3, -0.25) is 23.5 Å². The highest BCUT2D eigenvalue weighted by atomic mass is 31.2. The van der Waals surface area contributed by atoms with Gasteiger partial charge in [-0.1, -0.05) is 90.4 Å². The second-order valence-electron chi connectivity index (χ2n) is 16.3. The molecule has 0 radical (unpaired) electrons. The molecule has 1 aromatic rings. The third-order valence-corrected chi connectivity index (χ3v) is 10.3. The lowest BCUT2D eigenvalue weighted by Crippen LogP contribution is -2.44. The van der Waals surface area contributed by atoms with Crippen LogP contribution in [0.3, 0.4) is 0 Å². The molecule has 0 aliphatic carbocycles.